The molecule has 1 aromatic heterocycles. The van der Waals surface area contributed by atoms with Crippen LogP contribution < -0.4 is 4.90 Å². The molecule has 4 rings (SSSR count). The fourth-order valence-electron chi connectivity index (χ4n) is 2.65. The molecule has 1 amide bonds. The lowest BCUT2D eigenvalue weighted by Gasteiger charge is -2.14. The maximum absolute atomic E-state index is 12.7. The number of carbonyl (C=O) groups excluding carboxylic acids is 1. The van der Waals surface area contributed by atoms with Gasteiger partial charge in [-0.3, -0.25) is 9.69 Å². The molecular weight excluding hydrogens is 370 g/mol. The summed E-state index contributed by atoms with van der Waals surface area (Å²) >= 11 is 6.51. The summed E-state index contributed by atoms with van der Waals surface area (Å²) in [6.07, 6.45) is 1.67. The van der Waals surface area contributed by atoms with Crippen LogP contribution in [0.3, 0.4) is 0 Å². The van der Waals surface area contributed by atoms with Gasteiger partial charge in [0, 0.05) is 11.5 Å². The summed E-state index contributed by atoms with van der Waals surface area (Å²) in [6, 6.07) is 15.5. The number of rotatable bonds is 3. The third-order valence-electron chi connectivity index (χ3n) is 3.88. The fraction of sp³-hybridized carbons (Fsp3) is 0. The molecule has 0 aliphatic carbocycles. The lowest BCUT2D eigenvalue weighted by Crippen LogP contribution is -2.27. The van der Waals surface area contributed by atoms with E-state index in [1.54, 1.807) is 18.2 Å². The smallest absolute Gasteiger partial charge is 0.335 e. The highest BCUT2D eigenvalue weighted by Crippen LogP contribution is 2.36. The number of carboxylic acid groups (broad SMARTS) is 1. The van der Waals surface area contributed by atoms with E-state index in [1.165, 1.54) is 28.8 Å². The van der Waals surface area contributed by atoms with Crippen molar-refractivity contribution in [2.24, 2.45) is 0 Å². The van der Waals surface area contributed by atoms with E-state index < -0.39 is 5.97 Å². The number of benzene rings is 2. The molecule has 0 atom stereocenters. The van der Waals surface area contributed by atoms with E-state index in [1.807, 2.05) is 30.3 Å². The Balaban J connectivity index is 1.65. The number of thioether (sulfide) groups is 1. The second kappa shape index (κ2) is 6.44. The van der Waals surface area contributed by atoms with E-state index in [4.69, 9.17) is 21.7 Å². The summed E-state index contributed by atoms with van der Waals surface area (Å²) in [6.45, 7) is 0. The molecule has 7 heteroatoms. The highest BCUT2D eigenvalue weighted by Gasteiger charge is 2.33. The van der Waals surface area contributed by atoms with Gasteiger partial charge in [-0.25, -0.2) is 4.79 Å². The monoisotopic (exact) mass is 381 g/mol. The zero-order valence-electron chi connectivity index (χ0n) is 13.2. The van der Waals surface area contributed by atoms with Crippen molar-refractivity contribution in [3.05, 3.63) is 70.8 Å². The summed E-state index contributed by atoms with van der Waals surface area (Å²) in [4.78, 5) is 25.6. The maximum Gasteiger partial charge on any atom is 0.335 e. The van der Waals surface area contributed by atoms with E-state index in [2.05, 4.69) is 0 Å². The number of hydrogen-bond donors (Lipinski definition) is 1. The quantitative estimate of drug-likeness (QED) is 0.531. The van der Waals surface area contributed by atoms with Crippen molar-refractivity contribution in [2.75, 3.05) is 4.90 Å². The van der Waals surface area contributed by atoms with Gasteiger partial charge in [0.15, 0.2) is 4.32 Å². The van der Waals surface area contributed by atoms with Gasteiger partial charge in [-0.1, -0.05) is 42.2 Å². The zero-order chi connectivity index (χ0) is 18.3. The highest BCUT2D eigenvalue weighted by atomic mass is 32.2. The first kappa shape index (κ1) is 16.6. The molecule has 1 saturated heterocycles. The Morgan fingerprint density at radius 1 is 1.15 bits per heavy atom. The molecule has 2 aromatic carbocycles. The summed E-state index contributed by atoms with van der Waals surface area (Å²) in [5, 5.41) is 9.94. The number of carbonyl (C=O) groups is 2. The van der Waals surface area contributed by atoms with Crippen LogP contribution in [0, 0.1) is 0 Å². The van der Waals surface area contributed by atoms with Crippen molar-refractivity contribution < 1.29 is 19.1 Å². The summed E-state index contributed by atoms with van der Waals surface area (Å²) in [7, 11) is 0. The number of anilines is 1. The minimum Gasteiger partial charge on any atom is -0.478 e. The van der Waals surface area contributed by atoms with Crippen LogP contribution in [0.1, 0.15) is 16.1 Å². The first-order valence-corrected chi connectivity index (χ1v) is 8.85. The maximum atomic E-state index is 12.7. The highest BCUT2D eigenvalue weighted by molar-refractivity contribution is 8.27. The van der Waals surface area contributed by atoms with Crippen molar-refractivity contribution in [3.63, 3.8) is 0 Å². The molecule has 3 aromatic rings. The second-order valence-electron chi connectivity index (χ2n) is 5.56. The standard InChI is InChI=1S/C19H11NO4S2/c21-17-16(10-14-9-12-3-1-2-4-15(12)24-14)26-19(25)20(17)13-7-5-11(6-8-13)18(22)23/h1-10H,(H,22,23)/b16-10-. The lowest BCUT2D eigenvalue weighted by atomic mass is 10.2. The van der Waals surface area contributed by atoms with Crippen LogP contribution in [-0.2, 0) is 4.79 Å². The van der Waals surface area contributed by atoms with Gasteiger partial charge in [0.1, 0.15) is 11.3 Å². The van der Waals surface area contributed by atoms with Gasteiger partial charge < -0.3 is 9.52 Å². The number of thiocarbonyl (C=S) groups is 1. The Hall–Kier alpha value is -2.90. The predicted molar refractivity (Wildman–Crippen MR) is 105 cm³/mol. The van der Waals surface area contributed by atoms with Crippen LogP contribution in [0.4, 0.5) is 5.69 Å². The molecule has 0 radical (unpaired) electrons. The molecule has 0 spiro atoms. The van der Waals surface area contributed by atoms with Crippen molar-refractivity contribution in [1.82, 2.24) is 0 Å². The molecule has 2 heterocycles. The molecule has 0 bridgehead atoms. The van der Waals surface area contributed by atoms with Gasteiger partial charge in [0.2, 0.25) is 0 Å². The molecule has 1 fully saturated rings. The SMILES string of the molecule is O=C(O)c1ccc(N2C(=O)/C(=C/c3cc4ccccc4o3)SC2=S)cc1. The van der Waals surface area contributed by atoms with Gasteiger partial charge in [-0.2, -0.15) is 0 Å². The average Bonchev–Trinajstić information content (AvgIpc) is 3.15. The van der Waals surface area contributed by atoms with Crippen molar-refractivity contribution in [1.29, 1.82) is 0 Å². The van der Waals surface area contributed by atoms with Gasteiger partial charge in [0.25, 0.3) is 5.91 Å². The van der Waals surface area contributed by atoms with Crippen molar-refractivity contribution in [3.8, 4) is 0 Å². The molecule has 26 heavy (non-hydrogen) atoms. The van der Waals surface area contributed by atoms with Crippen LogP contribution in [-0.4, -0.2) is 21.3 Å². The minimum absolute atomic E-state index is 0.150. The van der Waals surface area contributed by atoms with Crippen LogP contribution in [0.15, 0.2) is 63.9 Å². The summed E-state index contributed by atoms with van der Waals surface area (Å²) in [5.41, 5.74) is 1.43. The number of carboxylic acids is 1. The Bertz CT molecular complexity index is 1050. The van der Waals surface area contributed by atoms with Crippen LogP contribution in [0.2, 0.25) is 0 Å². The van der Waals surface area contributed by atoms with E-state index in [9.17, 15) is 9.59 Å². The van der Waals surface area contributed by atoms with Crippen molar-refractivity contribution >= 4 is 62.9 Å². The predicted octanol–water partition coefficient (Wildman–Crippen LogP) is 4.54. The normalized spacial score (nSPS) is 16.0. The average molecular weight is 381 g/mol. The van der Waals surface area contributed by atoms with Gasteiger partial charge in [-0.05, 0) is 36.4 Å². The zero-order valence-corrected chi connectivity index (χ0v) is 14.8. The molecule has 1 aliphatic heterocycles. The van der Waals surface area contributed by atoms with E-state index in [0.717, 1.165) is 11.0 Å². The Morgan fingerprint density at radius 2 is 1.88 bits per heavy atom. The van der Waals surface area contributed by atoms with Gasteiger partial charge in [0.05, 0.1) is 16.2 Å². The fourth-order valence-corrected chi connectivity index (χ4v) is 3.93. The number of hydrogen-bond acceptors (Lipinski definition) is 5. The van der Waals surface area contributed by atoms with Crippen LogP contribution in [0.5, 0.6) is 0 Å². The lowest BCUT2D eigenvalue weighted by molar-refractivity contribution is -0.113. The minimum atomic E-state index is -1.02. The molecule has 1 N–H and O–H groups in total. The first-order valence-electron chi connectivity index (χ1n) is 7.63. The molecule has 5 nitrogen and oxygen atoms in total. The summed E-state index contributed by atoms with van der Waals surface area (Å²) < 4.78 is 6.12. The van der Waals surface area contributed by atoms with E-state index >= 15 is 0 Å². The Labute approximate surface area is 157 Å². The number of nitrogens with zero attached hydrogens (tertiary/aromatic N) is 1. The first-order chi connectivity index (χ1) is 12.5. The molecule has 1 aliphatic rings. The number of furan rings is 1. The molecule has 0 unspecified atom stereocenters. The third kappa shape index (κ3) is 2.91. The van der Waals surface area contributed by atoms with Gasteiger partial charge in [-0.15, -0.1) is 0 Å². The van der Waals surface area contributed by atoms with Crippen LogP contribution >= 0.6 is 24.0 Å². The Kier molecular flexibility index (Phi) is 4.10. The number of amides is 1. The van der Waals surface area contributed by atoms with Crippen LogP contribution in [0.25, 0.3) is 17.0 Å². The topological polar surface area (TPSA) is 70.8 Å². The largest absolute Gasteiger partial charge is 0.478 e. The molecular formula is C19H11NO4S2. The van der Waals surface area contributed by atoms with Crippen molar-refractivity contribution in [2.45, 2.75) is 0 Å². The molecule has 128 valence electrons. The van der Waals surface area contributed by atoms with E-state index in [0.29, 0.717) is 20.7 Å². The Morgan fingerprint density at radius 3 is 2.58 bits per heavy atom. The second-order valence-corrected chi connectivity index (χ2v) is 7.23. The molecule has 0 saturated carbocycles. The van der Waals surface area contributed by atoms with E-state index in [-0.39, 0.29) is 11.5 Å². The van der Waals surface area contributed by atoms with Gasteiger partial charge >= 0.3 is 5.97 Å². The summed E-state index contributed by atoms with van der Waals surface area (Å²) in [5.74, 6) is -0.705. The number of aromatic carboxylic acids is 1. The number of fused-ring (bicyclic) bond motifs is 1. The third-order valence-corrected chi connectivity index (χ3v) is 5.19. The number of para-hydroxylation sites is 1.